The predicted molar refractivity (Wildman–Crippen MR) is 79.9 cm³/mol. The second kappa shape index (κ2) is 7.09. The van der Waals surface area contributed by atoms with Gasteiger partial charge < -0.3 is 15.2 Å². The van der Waals surface area contributed by atoms with Crippen LogP contribution in [0.25, 0.3) is 0 Å². The van der Waals surface area contributed by atoms with E-state index >= 15 is 0 Å². The summed E-state index contributed by atoms with van der Waals surface area (Å²) in [7, 11) is 0. The van der Waals surface area contributed by atoms with Crippen molar-refractivity contribution >= 4 is 18.3 Å². The first kappa shape index (κ1) is 17.0. The van der Waals surface area contributed by atoms with Crippen LogP contribution < -0.4 is 5.73 Å². The minimum atomic E-state index is 0. The van der Waals surface area contributed by atoms with Crippen LogP contribution in [0.1, 0.15) is 36.8 Å². The fourth-order valence-corrected chi connectivity index (χ4v) is 2.93. The summed E-state index contributed by atoms with van der Waals surface area (Å²) in [6, 6.07) is 0.168. The zero-order valence-electron chi connectivity index (χ0n) is 12.4. The van der Waals surface area contributed by atoms with E-state index in [4.69, 9.17) is 10.3 Å². The molecule has 1 aromatic heterocycles. The van der Waals surface area contributed by atoms with Gasteiger partial charge in [-0.05, 0) is 32.6 Å². The number of hydrogen-bond acceptors (Lipinski definition) is 4. The molecule has 114 valence electrons. The van der Waals surface area contributed by atoms with Crippen LogP contribution in [-0.2, 0) is 11.2 Å². The van der Waals surface area contributed by atoms with E-state index in [0.717, 1.165) is 36.4 Å². The number of nitrogens with zero attached hydrogens (tertiary/aromatic N) is 2. The van der Waals surface area contributed by atoms with Crippen LogP contribution in [0.5, 0.6) is 0 Å². The minimum Gasteiger partial charge on any atom is -0.361 e. The largest absolute Gasteiger partial charge is 0.361 e. The molecule has 1 aromatic rings. The lowest BCUT2D eigenvalue weighted by atomic mass is 9.90. The van der Waals surface area contributed by atoms with Gasteiger partial charge in [0.1, 0.15) is 5.76 Å². The molecule has 1 aliphatic heterocycles. The van der Waals surface area contributed by atoms with Gasteiger partial charge in [-0.3, -0.25) is 4.79 Å². The molecule has 0 aromatic carbocycles. The molecule has 0 spiro atoms. The van der Waals surface area contributed by atoms with Crippen LogP contribution >= 0.6 is 12.4 Å². The van der Waals surface area contributed by atoms with Gasteiger partial charge in [-0.1, -0.05) is 12.1 Å². The van der Waals surface area contributed by atoms with Crippen LogP contribution in [0, 0.1) is 19.8 Å². The maximum Gasteiger partial charge on any atom is 0.227 e. The van der Waals surface area contributed by atoms with Gasteiger partial charge in [-0.2, -0.15) is 0 Å². The lowest BCUT2D eigenvalue weighted by Gasteiger charge is -2.39. The Kier molecular flexibility index (Phi) is 6.02. The van der Waals surface area contributed by atoms with Crippen molar-refractivity contribution in [2.45, 2.75) is 46.1 Å². The zero-order valence-corrected chi connectivity index (χ0v) is 13.2. The van der Waals surface area contributed by atoms with E-state index < -0.39 is 0 Å². The van der Waals surface area contributed by atoms with Gasteiger partial charge >= 0.3 is 0 Å². The average Bonchev–Trinajstić information content (AvgIpc) is 2.70. The Morgan fingerprint density at radius 2 is 2.20 bits per heavy atom. The first-order chi connectivity index (χ1) is 9.04. The Hall–Kier alpha value is -1.07. The number of hydrogen-bond donors (Lipinski definition) is 1. The molecule has 2 unspecified atom stereocenters. The average molecular weight is 302 g/mol. The summed E-state index contributed by atoms with van der Waals surface area (Å²) in [5, 5.41) is 3.90. The summed E-state index contributed by atoms with van der Waals surface area (Å²) in [6.45, 7) is 7.25. The third kappa shape index (κ3) is 3.33. The quantitative estimate of drug-likeness (QED) is 0.924. The summed E-state index contributed by atoms with van der Waals surface area (Å²) in [5.41, 5.74) is 7.55. The molecule has 2 N–H and O–H groups in total. The number of aryl methyl sites for hydroxylation is 2. The van der Waals surface area contributed by atoms with E-state index in [-0.39, 0.29) is 24.4 Å². The number of rotatable bonds is 3. The molecule has 2 heterocycles. The molecular formula is C14H24ClN3O2. The highest BCUT2D eigenvalue weighted by Crippen LogP contribution is 2.24. The van der Waals surface area contributed by atoms with Crippen molar-refractivity contribution < 1.29 is 9.32 Å². The molecule has 1 aliphatic rings. The molecular weight excluding hydrogens is 278 g/mol. The number of amides is 1. The predicted octanol–water partition coefficient (Wildman–Crippen LogP) is 1.84. The third-order valence-electron chi connectivity index (χ3n) is 4.19. The molecule has 0 aliphatic carbocycles. The number of carbonyl (C=O) groups is 1. The Morgan fingerprint density at radius 1 is 1.50 bits per heavy atom. The first-order valence-corrected chi connectivity index (χ1v) is 6.95. The highest BCUT2D eigenvalue weighted by Gasteiger charge is 2.31. The van der Waals surface area contributed by atoms with Crippen molar-refractivity contribution in [3.05, 3.63) is 17.0 Å². The molecule has 2 atom stereocenters. The summed E-state index contributed by atoms with van der Waals surface area (Å²) in [6.07, 6.45) is 2.58. The molecule has 1 fully saturated rings. The van der Waals surface area contributed by atoms with Crippen LogP contribution in [0.15, 0.2) is 4.52 Å². The van der Waals surface area contributed by atoms with Gasteiger partial charge in [0.05, 0.1) is 12.1 Å². The van der Waals surface area contributed by atoms with E-state index in [1.54, 1.807) is 0 Å². The van der Waals surface area contributed by atoms with E-state index in [9.17, 15) is 4.79 Å². The van der Waals surface area contributed by atoms with Crippen molar-refractivity contribution in [2.75, 3.05) is 13.1 Å². The van der Waals surface area contributed by atoms with Crippen molar-refractivity contribution in [1.29, 1.82) is 0 Å². The standard InChI is InChI=1S/C14H23N3O2.ClH/c1-9-5-4-6-17(13(9)8-15)14(18)7-12-10(2)16-19-11(12)3;/h9,13H,4-8,15H2,1-3H3;1H. The summed E-state index contributed by atoms with van der Waals surface area (Å²) in [4.78, 5) is 14.4. The molecule has 0 radical (unpaired) electrons. The van der Waals surface area contributed by atoms with Gasteiger partial charge in [0.25, 0.3) is 0 Å². The summed E-state index contributed by atoms with van der Waals surface area (Å²) < 4.78 is 5.11. The SMILES string of the molecule is Cc1noc(C)c1CC(=O)N1CCCC(C)C1CN.Cl. The fraction of sp³-hybridized carbons (Fsp3) is 0.714. The topological polar surface area (TPSA) is 72.4 Å². The zero-order chi connectivity index (χ0) is 14.0. The maximum absolute atomic E-state index is 12.5. The Bertz CT molecular complexity index is 442. The Labute approximate surface area is 126 Å². The molecule has 0 saturated carbocycles. The number of carbonyl (C=O) groups excluding carboxylic acids is 1. The maximum atomic E-state index is 12.5. The number of halogens is 1. The Morgan fingerprint density at radius 3 is 2.75 bits per heavy atom. The highest BCUT2D eigenvalue weighted by molar-refractivity contribution is 5.85. The number of piperidine rings is 1. The molecule has 2 rings (SSSR count). The van der Waals surface area contributed by atoms with Gasteiger partial charge in [0.2, 0.25) is 5.91 Å². The van der Waals surface area contributed by atoms with Gasteiger partial charge in [-0.15, -0.1) is 12.4 Å². The van der Waals surface area contributed by atoms with E-state index in [1.807, 2.05) is 18.7 Å². The second-order valence-electron chi connectivity index (χ2n) is 5.49. The van der Waals surface area contributed by atoms with Crippen LogP contribution in [0.2, 0.25) is 0 Å². The number of nitrogens with two attached hydrogens (primary N) is 1. The molecule has 1 amide bonds. The minimum absolute atomic E-state index is 0. The third-order valence-corrected chi connectivity index (χ3v) is 4.19. The lowest BCUT2D eigenvalue weighted by molar-refractivity contribution is -0.135. The van der Waals surface area contributed by atoms with Crippen LogP contribution in [0.3, 0.4) is 0 Å². The normalized spacial score (nSPS) is 22.5. The first-order valence-electron chi connectivity index (χ1n) is 6.95. The van der Waals surface area contributed by atoms with E-state index in [0.29, 0.717) is 18.9 Å². The number of aromatic nitrogens is 1. The smallest absolute Gasteiger partial charge is 0.227 e. The van der Waals surface area contributed by atoms with Gasteiger partial charge in [0, 0.05) is 24.7 Å². The number of likely N-dealkylation sites (tertiary alicyclic amines) is 1. The van der Waals surface area contributed by atoms with Crippen molar-refractivity contribution in [3.63, 3.8) is 0 Å². The molecule has 6 heteroatoms. The fourth-order valence-electron chi connectivity index (χ4n) is 2.93. The summed E-state index contributed by atoms with van der Waals surface area (Å²) >= 11 is 0. The molecule has 5 nitrogen and oxygen atoms in total. The van der Waals surface area contributed by atoms with Crippen molar-refractivity contribution in [2.24, 2.45) is 11.7 Å². The van der Waals surface area contributed by atoms with Gasteiger partial charge in [0.15, 0.2) is 0 Å². The van der Waals surface area contributed by atoms with Gasteiger partial charge in [-0.25, -0.2) is 0 Å². The molecule has 0 bridgehead atoms. The Balaban J connectivity index is 0.00000200. The molecule has 20 heavy (non-hydrogen) atoms. The lowest BCUT2D eigenvalue weighted by Crippen LogP contribution is -2.51. The van der Waals surface area contributed by atoms with Crippen molar-refractivity contribution in [3.8, 4) is 0 Å². The summed E-state index contributed by atoms with van der Waals surface area (Å²) in [5.74, 6) is 1.35. The van der Waals surface area contributed by atoms with Crippen LogP contribution in [0.4, 0.5) is 0 Å². The monoisotopic (exact) mass is 301 g/mol. The van der Waals surface area contributed by atoms with E-state index in [2.05, 4.69) is 12.1 Å². The van der Waals surface area contributed by atoms with Crippen LogP contribution in [-0.4, -0.2) is 35.1 Å². The molecule has 1 saturated heterocycles. The van der Waals surface area contributed by atoms with Crippen molar-refractivity contribution in [1.82, 2.24) is 10.1 Å². The highest BCUT2D eigenvalue weighted by atomic mass is 35.5. The second-order valence-corrected chi connectivity index (χ2v) is 5.49. The van der Waals surface area contributed by atoms with E-state index in [1.165, 1.54) is 0 Å².